The molecule has 142 valence electrons. The maximum Gasteiger partial charge on any atom is 0.335 e. The maximum atomic E-state index is 12.6. The predicted molar refractivity (Wildman–Crippen MR) is 104 cm³/mol. The number of hydrogen-bond acceptors (Lipinski definition) is 3. The van der Waals surface area contributed by atoms with Crippen molar-refractivity contribution in [1.29, 1.82) is 0 Å². The second kappa shape index (κ2) is 9.52. The molecule has 6 nitrogen and oxygen atoms in total. The van der Waals surface area contributed by atoms with Crippen molar-refractivity contribution in [3.05, 3.63) is 65.2 Å². The summed E-state index contributed by atoms with van der Waals surface area (Å²) in [6.07, 6.45) is 0.429. The van der Waals surface area contributed by atoms with Crippen LogP contribution in [0.1, 0.15) is 46.5 Å². The second-order valence-corrected chi connectivity index (χ2v) is 6.03. The van der Waals surface area contributed by atoms with Crippen LogP contribution in [-0.4, -0.2) is 40.9 Å². The highest BCUT2D eigenvalue weighted by Crippen LogP contribution is 2.18. The fraction of sp³-hybridized carbons (Fsp3) is 0.286. The van der Waals surface area contributed by atoms with Crippen molar-refractivity contribution >= 4 is 23.5 Å². The van der Waals surface area contributed by atoms with Crippen LogP contribution in [0.4, 0.5) is 5.69 Å². The molecule has 0 aliphatic rings. The van der Waals surface area contributed by atoms with Crippen LogP contribution >= 0.6 is 0 Å². The molecular weight excluding hydrogens is 344 g/mol. The minimum atomic E-state index is -1.01. The van der Waals surface area contributed by atoms with E-state index in [4.69, 9.17) is 0 Å². The summed E-state index contributed by atoms with van der Waals surface area (Å²) < 4.78 is 0. The minimum absolute atomic E-state index is 0.123. The van der Waals surface area contributed by atoms with Crippen molar-refractivity contribution in [1.82, 2.24) is 4.90 Å². The highest BCUT2D eigenvalue weighted by molar-refractivity contribution is 6.03. The fourth-order valence-corrected chi connectivity index (χ4v) is 2.87. The standard InChI is InChI=1S/C21H24N2O4/c1-3-23(4-2)20(25)17-11-7-8-12-18(17)22-19(24)14-13-15-9-5-6-10-16(15)21(26)27/h5-12H,3-4,13-14H2,1-2H3,(H,22,24)(H,26,27). The molecule has 2 rings (SSSR count). The summed E-state index contributed by atoms with van der Waals surface area (Å²) in [5.74, 6) is -1.41. The van der Waals surface area contributed by atoms with Gasteiger partial charge in [-0.1, -0.05) is 30.3 Å². The molecule has 0 saturated heterocycles. The molecule has 0 atom stereocenters. The molecule has 0 spiro atoms. The predicted octanol–water partition coefficient (Wildman–Crippen LogP) is 3.44. The average Bonchev–Trinajstić information content (AvgIpc) is 2.67. The highest BCUT2D eigenvalue weighted by atomic mass is 16.4. The number of rotatable bonds is 8. The van der Waals surface area contributed by atoms with Crippen molar-refractivity contribution in [2.24, 2.45) is 0 Å². The van der Waals surface area contributed by atoms with E-state index in [9.17, 15) is 19.5 Å². The molecule has 0 bridgehead atoms. The number of carbonyl (C=O) groups is 3. The van der Waals surface area contributed by atoms with Crippen LogP contribution in [0.3, 0.4) is 0 Å². The summed E-state index contributed by atoms with van der Waals surface area (Å²) in [7, 11) is 0. The molecule has 2 amide bonds. The van der Waals surface area contributed by atoms with Gasteiger partial charge in [-0.15, -0.1) is 0 Å². The van der Waals surface area contributed by atoms with Crippen LogP contribution in [0.5, 0.6) is 0 Å². The lowest BCUT2D eigenvalue weighted by atomic mass is 10.0. The van der Waals surface area contributed by atoms with E-state index in [-0.39, 0.29) is 23.8 Å². The third kappa shape index (κ3) is 5.17. The third-order valence-corrected chi connectivity index (χ3v) is 4.35. The van der Waals surface area contributed by atoms with E-state index in [2.05, 4.69) is 5.32 Å². The molecule has 0 unspecified atom stereocenters. The smallest absolute Gasteiger partial charge is 0.335 e. The normalized spacial score (nSPS) is 10.3. The van der Waals surface area contributed by atoms with Gasteiger partial charge in [-0.3, -0.25) is 9.59 Å². The van der Waals surface area contributed by atoms with Crippen LogP contribution in [0.2, 0.25) is 0 Å². The molecule has 0 aliphatic heterocycles. The van der Waals surface area contributed by atoms with E-state index < -0.39 is 5.97 Å². The highest BCUT2D eigenvalue weighted by Gasteiger charge is 2.17. The van der Waals surface area contributed by atoms with Crippen LogP contribution in [0.25, 0.3) is 0 Å². The second-order valence-electron chi connectivity index (χ2n) is 6.03. The van der Waals surface area contributed by atoms with Crippen molar-refractivity contribution in [3.8, 4) is 0 Å². The zero-order chi connectivity index (χ0) is 19.8. The van der Waals surface area contributed by atoms with E-state index in [1.165, 1.54) is 6.07 Å². The molecule has 0 fully saturated rings. The number of anilines is 1. The van der Waals surface area contributed by atoms with Crippen LogP contribution in [0.15, 0.2) is 48.5 Å². The summed E-state index contributed by atoms with van der Waals surface area (Å²) in [4.78, 5) is 37.9. The average molecular weight is 368 g/mol. The summed E-state index contributed by atoms with van der Waals surface area (Å²) in [6, 6.07) is 13.5. The largest absolute Gasteiger partial charge is 0.478 e. The molecule has 0 aliphatic carbocycles. The summed E-state index contributed by atoms with van der Waals surface area (Å²) >= 11 is 0. The number of carboxylic acid groups (broad SMARTS) is 1. The Morgan fingerprint density at radius 3 is 2.15 bits per heavy atom. The number of benzene rings is 2. The number of aromatic carboxylic acids is 1. The van der Waals surface area contributed by atoms with Crippen molar-refractivity contribution < 1.29 is 19.5 Å². The van der Waals surface area contributed by atoms with Gasteiger partial charge in [0.25, 0.3) is 5.91 Å². The topological polar surface area (TPSA) is 86.7 Å². The van der Waals surface area contributed by atoms with Gasteiger partial charge in [-0.2, -0.15) is 0 Å². The molecule has 2 N–H and O–H groups in total. The Bertz CT molecular complexity index is 828. The Morgan fingerprint density at radius 1 is 0.926 bits per heavy atom. The Kier molecular flexibility index (Phi) is 7.11. The van der Waals surface area contributed by atoms with Crippen molar-refractivity contribution in [3.63, 3.8) is 0 Å². The van der Waals surface area contributed by atoms with Crippen molar-refractivity contribution in [2.45, 2.75) is 26.7 Å². The molecule has 6 heteroatoms. The van der Waals surface area contributed by atoms with Crippen LogP contribution < -0.4 is 5.32 Å². The molecule has 2 aromatic rings. The van der Waals surface area contributed by atoms with E-state index >= 15 is 0 Å². The first-order valence-corrected chi connectivity index (χ1v) is 8.97. The summed E-state index contributed by atoms with van der Waals surface area (Å²) in [5, 5.41) is 12.0. The van der Waals surface area contributed by atoms with E-state index in [1.807, 2.05) is 13.8 Å². The van der Waals surface area contributed by atoms with Gasteiger partial charge in [0.1, 0.15) is 0 Å². The molecular formula is C21H24N2O4. The first kappa shape index (κ1) is 20.2. The van der Waals surface area contributed by atoms with E-state index in [1.54, 1.807) is 47.4 Å². The SMILES string of the molecule is CCN(CC)C(=O)c1ccccc1NC(=O)CCc1ccccc1C(=O)O. The van der Waals surface area contributed by atoms with Gasteiger partial charge in [0.2, 0.25) is 5.91 Å². The lowest BCUT2D eigenvalue weighted by Gasteiger charge is -2.20. The van der Waals surface area contributed by atoms with Gasteiger partial charge in [-0.25, -0.2) is 4.79 Å². The maximum absolute atomic E-state index is 12.6. The Hall–Kier alpha value is -3.15. The molecule has 0 heterocycles. The fourth-order valence-electron chi connectivity index (χ4n) is 2.87. The molecule has 2 aromatic carbocycles. The van der Waals surface area contributed by atoms with Gasteiger partial charge in [0.15, 0.2) is 0 Å². The van der Waals surface area contributed by atoms with Gasteiger partial charge in [0, 0.05) is 19.5 Å². The van der Waals surface area contributed by atoms with E-state index in [0.29, 0.717) is 36.3 Å². The summed E-state index contributed by atoms with van der Waals surface area (Å²) in [5.41, 5.74) is 1.71. The Balaban J connectivity index is 2.09. The quantitative estimate of drug-likeness (QED) is 0.747. The number of nitrogens with one attached hydrogen (secondary N) is 1. The van der Waals surface area contributed by atoms with E-state index in [0.717, 1.165) is 0 Å². The molecule has 0 aromatic heterocycles. The first-order valence-electron chi connectivity index (χ1n) is 8.97. The first-order chi connectivity index (χ1) is 13.0. The van der Waals surface area contributed by atoms with Gasteiger partial charge >= 0.3 is 5.97 Å². The number of aryl methyl sites for hydroxylation is 1. The monoisotopic (exact) mass is 368 g/mol. The molecule has 0 radical (unpaired) electrons. The zero-order valence-corrected chi connectivity index (χ0v) is 15.6. The number of carboxylic acids is 1. The minimum Gasteiger partial charge on any atom is -0.478 e. The number of hydrogen-bond donors (Lipinski definition) is 2. The zero-order valence-electron chi connectivity index (χ0n) is 15.6. The Labute approximate surface area is 158 Å². The number of nitrogens with zero attached hydrogens (tertiary/aromatic N) is 1. The Morgan fingerprint density at radius 2 is 1.52 bits per heavy atom. The lowest BCUT2D eigenvalue weighted by molar-refractivity contribution is -0.116. The number of para-hydroxylation sites is 1. The third-order valence-electron chi connectivity index (χ3n) is 4.35. The lowest BCUT2D eigenvalue weighted by Crippen LogP contribution is -2.31. The van der Waals surface area contributed by atoms with Gasteiger partial charge in [-0.05, 0) is 44.0 Å². The van der Waals surface area contributed by atoms with Gasteiger partial charge in [0.05, 0.1) is 16.8 Å². The molecule has 27 heavy (non-hydrogen) atoms. The summed E-state index contributed by atoms with van der Waals surface area (Å²) in [6.45, 7) is 4.98. The number of amides is 2. The van der Waals surface area contributed by atoms with Crippen LogP contribution in [0, 0.1) is 0 Å². The van der Waals surface area contributed by atoms with Crippen molar-refractivity contribution in [2.75, 3.05) is 18.4 Å². The number of carbonyl (C=O) groups excluding carboxylic acids is 2. The van der Waals surface area contributed by atoms with Gasteiger partial charge < -0.3 is 15.3 Å². The molecule has 0 saturated carbocycles. The van der Waals surface area contributed by atoms with Crippen LogP contribution in [-0.2, 0) is 11.2 Å².